The van der Waals surface area contributed by atoms with Crippen molar-refractivity contribution in [3.05, 3.63) is 70.9 Å². The number of ether oxygens (including phenoxy) is 1. The maximum Gasteiger partial charge on any atom is 0.269 e. The Morgan fingerprint density at radius 2 is 2.07 bits per heavy atom. The largest absolute Gasteiger partial charge is 0.484 e. The summed E-state index contributed by atoms with van der Waals surface area (Å²) in [6.45, 7) is 5.72. The molecular weight excluding hydrogens is 385 g/mol. The zero-order valence-electron chi connectivity index (χ0n) is 15.4. The summed E-state index contributed by atoms with van der Waals surface area (Å²) in [6.07, 6.45) is 2.76. The minimum atomic E-state index is -0.626. The minimum Gasteiger partial charge on any atom is -0.484 e. The SMILES string of the molecule is C=C(CCNC(=O)c1cc(CC)ccn1)NC(=O)COc1ccc(Cl)c(F)c1. The number of carbonyl (C=O) groups excluding carboxylic acids is 2. The molecule has 0 radical (unpaired) electrons. The van der Waals surface area contributed by atoms with Crippen molar-refractivity contribution in [1.29, 1.82) is 0 Å². The lowest BCUT2D eigenvalue weighted by Crippen LogP contribution is -2.31. The summed E-state index contributed by atoms with van der Waals surface area (Å²) in [5, 5.41) is 5.26. The third-order valence-electron chi connectivity index (χ3n) is 3.75. The molecule has 28 heavy (non-hydrogen) atoms. The molecule has 6 nitrogen and oxygen atoms in total. The third-order valence-corrected chi connectivity index (χ3v) is 4.06. The van der Waals surface area contributed by atoms with Crippen molar-refractivity contribution in [2.24, 2.45) is 0 Å². The maximum atomic E-state index is 13.3. The molecule has 0 spiro atoms. The van der Waals surface area contributed by atoms with Gasteiger partial charge in [-0.1, -0.05) is 25.1 Å². The van der Waals surface area contributed by atoms with Crippen LogP contribution in [-0.2, 0) is 11.2 Å². The molecule has 148 valence electrons. The van der Waals surface area contributed by atoms with Crippen LogP contribution in [0, 0.1) is 5.82 Å². The highest BCUT2D eigenvalue weighted by atomic mass is 35.5. The minimum absolute atomic E-state index is 0.0242. The van der Waals surface area contributed by atoms with Crippen molar-refractivity contribution >= 4 is 23.4 Å². The molecule has 0 aliphatic carbocycles. The Labute approximate surface area is 167 Å². The molecule has 1 aromatic heterocycles. The second kappa shape index (κ2) is 10.4. The highest BCUT2D eigenvalue weighted by molar-refractivity contribution is 6.30. The van der Waals surface area contributed by atoms with E-state index in [2.05, 4.69) is 22.2 Å². The van der Waals surface area contributed by atoms with Crippen LogP contribution in [0.15, 0.2) is 48.8 Å². The number of hydrogen-bond donors (Lipinski definition) is 2. The first-order chi connectivity index (χ1) is 13.4. The third kappa shape index (κ3) is 6.66. The van der Waals surface area contributed by atoms with Gasteiger partial charge in [-0.25, -0.2) is 4.39 Å². The van der Waals surface area contributed by atoms with Gasteiger partial charge in [-0.15, -0.1) is 0 Å². The number of halogens is 2. The lowest BCUT2D eigenvalue weighted by molar-refractivity contribution is -0.122. The van der Waals surface area contributed by atoms with E-state index in [0.717, 1.165) is 18.1 Å². The highest BCUT2D eigenvalue weighted by Gasteiger charge is 2.09. The van der Waals surface area contributed by atoms with Gasteiger partial charge in [0.25, 0.3) is 11.8 Å². The number of hydrogen-bond acceptors (Lipinski definition) is 4. The van der Waals surface area contributed by atoms with Crippen molar-refractivity contribution in [2.75, 3.05) is 13.2 Å². The topological polar surface area (TPSA) is 80.3 Å². The number of rotatable bonds is 9. The quantitative estimate of drug-likeness (QED) is 0.671. The Bertz CT molecular complexity index is 874. The molecule has 2 N–H and O–H groups in total. The number of amides is 2. The Morgan fingerprint density at radius 3 is 2.79 bits per heavy atom. The predicted molar refractivity (Wildman–Crippen MR) is 105 cm³/mol. The van der Waals surface area contributed by atoms with Crippen LogP contribution >= 0.6 is 11.6 Å². The second-order valence-electron chi connectivity index (χ2n) is 5.93. The van der Waals surface area contributed by atoms with E-state index in [-0.39, 0.29) is 23.3 Å². The fraction of sp³-hybridized carbons (Fsp3) is 0.250. The smallest absolute Gasteiger partial charge is 0.269 e. The Kier molecular flexibility index (Phi) is 7.95. The van der Waals surface area contributed by atoms with Crippen LogP contribution in [0.25, 0.3) is 0 Å². The van der Waals surface area contributed by atoms with Gasteiger partial charge in [-0.05, 0) is 36.2 Å². The Balaban J connectivity index is 1.70. The average Bonchev–Trinajstić information content (AvgIpc) is 2.68. The van der Waals surface area contributed by atoms with Gasteiger partial charge in [0.15, 0.2) is 6.61 Å². The van der Waals surface area contributed by atoms with Gasteiger partial charge in [0.1, 0.15) is 17.3 Å². The van der Waals surface area contributed by atoms with Crippen molar-refractivity contribution in [3.63, 3.8) is 0 Å². The molecule has 8 heteroatoms. The van der Waals surface area contributed by atoms with E-state index < -0.39 is 11.7 Å². The number of pyridine rings is 1. The maximum absolute atomic E-state index is 13.3. The van der Waals surface area contributed by atoms with Crippen LogP contribution in [0.4, 0.5) is 4.39 Å². The van der Waals surface area contributed by atoms with Crippen molar-refractivity contribution < 1.29 is 18.7 Å². The van der Waals surface area contributed by atoms with Crippen LogP contribution in [-0.4, -0.2) is 29.9 Å². The molecule has 0 fully saturated rings. The molecule has 1 aromatic carbocycles. The zero-order valence-corrected chi connectivity index (χ0v) is 16.2. The molecule has 0 saturated carbocycles. The van der Waals surface area contributed by atoms with Crippen molar-refractivity contribution in [2.45, 2.75) is 19.8 Å². The van der Waals surface area contributed by atoms with Gasteiger partial charge in [-0.3, -0.25) is 14.6 Å². The summed E-state index contributed by atoms with van der Waals surface area (Å²) in [7, 11) is 0. The number of benzene rings is 1. The average molecular weight is 406 g/mol. The predicted octanol–water partition coefficient (Wildman–Crippen LogP) is 3.27. The van der Waals surface area contributed by atoms with E-state index in [0.29, 0.717) is 24.4 Å². The van der Waals surface area contributed by atoms with Crippen LogP contribution in [0.3, 0.4) is 0 Å². The second-order valence-corrected chi connectivity index (χ2v) is 6.33. The van der Waals surface area contributed by atoms with E-state index in [4.69, 9.17) is 16.3 Å². The Morgan fingerprint density at radius 1 is 1.29 bits per heavy atom. The van der Waals surface area contributed by atoms with Gasteiger partial charge in [0.2, 0.25) is 0 Å². The summed E-state index contributed by atoms with van der Waals surface area (Å²) in [6, 6.07) is 7.50. The van der Waals surface area contributed by atoms with Gasteiger partial charge >= 0.3 is 0 Å². The summed E-state index contributed by atoms with van der Waals surface area (Å²) < 4.78 is 18.5. The molecule has 0 atom stereocenters. The van der Waals surface area contributed by atoms with E-state index >= 15 is 0 Å². The summed E-state index contributed by atoms with van der Waals surface area (Å²) in [4.78, 5) is 28.0. The van der Waals surface area contributed by atoms with Gasteiger partial charge in [0.05, 0.1) is 5.02 Å². The fourth-order valence-electron chi connectivity index (χ4n) is 2.25. The molecule has 0 aliphatic rings. The zero-order chi connectivity index (χ0) is 20.5. The monoisotopic (exact) mass is 405 g/mol. The summed E-state index contributed by atoms with van der Waals surface area (Å²) >= 11 is 5.58. The fourth-order valence-corrected chi connectivity index (χ4v) is 2.36. The standard InChI is InChI=1S/C20H21ClFN3O3/c1-3-14-7-9-23-18(10-14)20(27)24-8-6-13(2)25-19(26)12-28-15-4-5-16(21)17(22)11-15/h4-5,7,9-11H,2-3,6,8,12H2,1H3,(H,24,27)(H,25,26). The molecule has 1 heterocycles. The van der Waals surface area contributed by atoms with Crippen molar-refractivity contribution in [1.82, 2.24) is 15.6 Å². The number of nitrogens with zero attached hydrogens (tertiary/aromatic N) is 1. The first-order valence-electron chi connectivity index (χ1n) is 8.67. The molecule has 0 unspecified atom stereocenters. The molecule has 2 amide bonds. The number of aryl methyl sites for hydroxylation is 1. The van der Waals surface area contributed by atoms with E-state index in [1.807, 2.05) is 13.0 Å². The first kappa shape index (κ1) is 21.4. The van der Waals surface area contributed by atoms with Crippen LogP contribution < -0.4 is 15.4 Å². The number of aromatic nitrogens is 1. The molecular formula is C20H21ClFN3O3. The molecule has 0 aliphatic heterocycles. The van der Waals surface area contributed by atoms with Crippen molar-refractivity contribution in [3.8, 4) is 5.75 Å². The first-order valence-corrected chi connectivity index (χ1v) is 9.05. The highest BCUT2D eigenvalue weighted by Crippen LogP contribution is 2.20. The normalized spacial score (nSPS) is 10.2. The van der Waals surface area contributed by atoms with E-state index in [1.165, 1.54) is 12.1 Å². The van der Waals surface area contributed by atoms with E-state index in [9.17, 15) is 14.0 Å². The van der Waals surface area contributed by atoms with Gasteiger partial charge in [0, 0.05) is 30.9 Å². The summed E-state index contributed by atoms with van der Waals surface area (Å²) in [5.74, 6) is -1.16. The number of nitrogens with one attached hydrogen (secondary N) is 2. The van der Waals surface area contributed by atoms with Gasteiger partial charge in [-0.2, -0.15) is 0 Å². The molecule has 0 saturated heterocycles. The Hall–Kier alpha value is -2.93. The van der Waals surface area contributed by atoms with Crippen LogP contribution in [0.5, 0.6) is 5.75 Å². The number of carbonyl (C=O) groups is 2. The molecule has 2 aromatic rings. The molecule has 0 bridgehead atoms. The van der Waals surface area contributed by atoms with Crippen LogP contribution in [0.2, 0.25) is 5.02 Å². The lowest BCUT2D eigenvalue weighted by Gasteiger charge is -2.11. The molecule has 2 rings (SSSR count). The lowest BCUT2D eigenvalue weighted by atomic mass is 10.2. The van der Waals surface area contributed by atoms with Gasteiger partial charge < -0.3 is 15.4 Å². The van der Waals surface area contributed by atoms with E-state index in [1.54, 1.807) is 12.3 Å². The summed E-state index contributed by atoms with van der Waals surface area (Å²) in [5.41, 5.74) is 1.79. The van der Waals surface area contributed by atoms with Crippen LogP contribution in [0.1, 0.15) is 29.4 Å².